The first-order valence-electron chi connectivity index (χ1n) is 4.68. The van der Waals surface area contributed by atoms with E-state index in [4.69, 9.17) is 10.9 Å². The van der Waals surface area contributed by atoms with Crippen LogP contribution in [0.4, 0.5) is 0 Å². The lowest BCUT2D eigenvalue weighted by molar-refractivity contribution is 0.287. The average Bonchev–Trinajstić information content (AvgIpc) is 2.09. The first-order valence-corrected chi connectivity index (χ1v) is 4.68. The third-order valence-corrected chi connectivity index (χ3v) is 2.76. The minimum atomic E-state index is 0.384. The van der Waals surface area contributed by atoms with E-state index in [1.54, 1.807) is 0 Å². The predicted octanol–water partition coefficient (Wildman–Crippen LogP) is 1.95. The molecule has 0 unspecified atom stereocenters. The lowest BCUT2D eigenvalue weighted by Crippen LogP contribution is -2.20. The summed E-state index contributed by atoms with van der Waals surface area (Å²) in [7, 11) is 0. The Labute approximate surface area is 73.6 Å². The first kappa shape index (κ1) is 9.36. The molecule has 1 rings (SSSR count). The highest BCUT2D eigenvalue weighted by Crippen LogP contribution is 2.30. The number of nitrogens with zero attached hydrogens (tertiary/aromatic N) is 1. The van der Waals surface area contributed by atoms with Crippen LogP contribution in [0.25, 0.3) is 0 Å². The molecule has 0 spiro atoms. The van der Waals surface area contributed by atoms with Crippen LogP contribution in [0.5, 0.6) is 0 Å². The fraction of sp³-hybridized carbons (Fsp3) is 0.889. The van der Waals surface area contributed by atoms with Gasteiger partial charge in [-0.1, -0.05) is 24.9 Å². The maximum absolute atomic E-state index is 8.38. The number of hydrogen-bond acceptors (Lipinski definition) is 2. The van der Waals surface area contributed by atoms with Crippen molar-refractivity contribution in [3.63, 3.8) is 0 Å². The molecule has 0 heterocycles. The number of nitrogens with two attached hydrogens (primary N) is 1. The molecule has 0 atom stereocenters. The standard InChI is InChI=1S/C9H18N2O/c1-7-2-4-8(5-3-7)6-9(10)11-12/h7-8,12H,2-6H2,1H3,(H2,10,11). The van der Waals surface area contributed by atoms with E-state index in [0.717, 1.165) is 12.3 Å². The van der Waals surface area contributed by atoms with E-state index in [9.17, 15) is 0 Å². The molecule has 12 heavy (non-hydrogen) atoms. The van der Waals surface area contributed by atoms with Crippen molar-refractivity contribution in [2.24, 2.45) is 22.7 Å². The van der Waals surface area contributed by atoms with E-state index < -0.39 is 0 Å². The zero-order valence-corrected chi connectivity index (χ0v) is 7.66. The second-order valence-corrected chi connectivity index (χ2v) is 3.92. The van der Waals surface area contributed by atoms with Crippen LogP contribution in [-0.2, 0) is 0 Å². The van der Waals surface area contributed by atoms with Crippen LogP contribution in [-0.4, -0.2) is 11.0 Å². The number of oxime groups is 1. The Morgan fingerprint density at radius 2 is 2.00 bits per heavy atom. The lowest BCUT2D eigenvalue weighted by atomic mass is 9.81. The SMILES string of the molecule is CC1CCC(C/C(N)=N/O)CC1. The Morgan fingerprint density at radius 1 is 1.42 bits per heavy atom. The van der Waals surface area contributed by atoms with Crippen LogP contribution in [0.2, 0.25) is 0 Å². The third-order valence-electron chi connectivity index (χ3n) is 2.76. The summed E-state index contributed by atoms with van der Waals surface area (Å²) < 4.78 is 0. The number of rotatable bonds is 2. The monoisotopic (exact) mass is 170 g/mol. The van der Waals surface area contributed by atoms with Crippen LogP contribution in [0.3, 0.4) is 0 Å². The van der Waals surface area contributed by atoms with E-state index in [1.807, 2.05) is 0 Å². The van der Waals surface area contributed by atoms with Gasteiger partial charge in [-0.3, -0.25) is 0 Å². The Hall–Kier alpha value is -0.730. The van der Waals surface area contributed by atoms with Gasteiger partial charge in [-0.25, -0.2) is 0 Å². The largest absolute Gasteiger partial charge is 0.409 e. The van der Waals surface area contributed by atoms with Crippen molar-refractivity contribution in [1.29, 1.82) is 0 Å². The van der Waals surface area contributed by atoms with E-state index in [0.29, 0.717) is 11.8 Å². The van der Waals surface area contributed by atoms with Crippen LogP contribution < -0.4 is 5.73 Å². The molecule has 3 heteroatoms. The molecular formula is C9H18N2O. The van der Waals surface area contributed by atoms with Crippen molar-refractivity contribution in [2.45, 2.75) is 39.0 Å². The Balaban J connectivity index is 2.26. The van der Waals surface area contributed by atoms with Gasteiger partial charge < -0.3 is 10.9 Å². The Morgan fingerprint density at radius 3 is 2.50 bits per heavy atom. The molecule has 0 radical (unpaired) electrons. The summed E-state index contributed by atoms with van der Waals surface area (Å²) in [6.07, 6.45) is 5.82. The molecular weight excluding hydrogens is 152 g/mol. The summed E-state index contributed by atoms with van der Waals surface area (Å²) in [6.45, 7) is 2.29. The molecule has 70 valence electrons. The first-order chi connectivity index (χ1) is 5.72. The fourth-order valence-corrected chi connectivity index (χ4v) is 1.87. The summed E-state index contributed by atoms with van der Waals surface area (Å²) in [6, 6.07) is 0. The molecule has 0 saturated heterocycles. The molecule has 1 aliphatic carbocycles. The van der Waals surface area contributed by atoms with Crippen molar-refractivity contribution in [2.75, 3.05) is 0 Å². The zero-order valence-electron chi connectivity index (χ0n) is 7.66. The summed E-state index contributed by atoms with van der Waals surface area (Å²) in [5.74, 6) is 1.90. The maximum atomic E-state index is 8.38. The molecule has 3 N–H and O–H groups in total. The summed E-state index contributed by atoms with van der Waals surface area (Å²) in [5, 5.41) is 11.4. The summed E-state index contributed by atoms with van der Waals surface area (Å²) in [5.41, 5.74) is 5.44. The highest BCUT2D eigenvalue weighted by atomic mass is 16.4. The van der Waals surface area contributed by atoms with Gasteiger partial charge in [0.1, 0.15) is 5.84 Å². The Kier molecular flexibility index (Phi) is 3.38. The minimum absolute atomic E-state index is 0.384. The van der Waals surface area contributed by atoms with Gasteiger partial charge in [0.15, 0.2) is 0 Å². The zero-order chi connectivity index (χ0) is 8.97. The number of hydrogen-bond donors (Lipinski definition) is 2. The quantitative estimate of drug-likeness (QED) is 0.288. The summed E-state index contributed by atoms with van der Waals surface area (Å²) >= 11 is 0. The van der Waals surface area contributed by atoms with Gasteiger partial charge in [-0.05, 0) is 24.7 Å². The molecule has 3 nitrogen and oxygen atoms in total. The predicted molar refractivity (Wildman–Crippen MR) is 49.1 cm³/mol. The molecule has 1 fully saturated rings. The minimum Gasteiger partial charge on any atom is -0.409 e. The summed E-state index contributed by atoms with van der Waals surface area (Å²) in [4.78, 5) is 0. The van der Waals surface area contributed by atoms with Crippen molar-refractivity contribution in [3.05, 3.63) is 0 Å². The second kappa shape index (κ2) is 4.33. The lowest BCUT2D eigenvalue weighted by Gasteiger charge is -2.25. The van der Waals surface area contributed by atoms with Gasteiger partial charge in [-0.2, -0.15) is 0 Å². The van der Waals surface area contributed by atoms with E-state index in [1.165, 1.54) is 25.7 Å². The molecule has 1 aliphatic rings. The second-order valence-electron chi connectivity index (χ2n) is 3.92. The van der Waals surface area contributed by atoms with Crippen LogP contribution >= 0.6 is 0 Å². The fourth-order valence-electron chi connectivity index (χ4n) is 1.87. The van der Waals surface area contributed by atoms with Crippen molar-refractivity contribution in [3.8, 4) is 0 Å². The van der Waals surface area contributed by atoms with Crippen molar-refractivity contribution < 1.29 is 5.21 Å². The topological polar surface area (TPSA) is 58.6 Å². The van der Waals surface area contributed by atoms with Crippen LogP contribution in [0, 0.1) is 11.8 Å². The van der Waals surface area contributed by atoms with E-state index in [-0.39, 0.29) is 0 Å². The van der Waals surface area contributed by atoms with Gasteiger partial charge in [0, 0.05) is 6.42 Å². The van der Waals surface area contributed by atoms with Crippen LogP contribution in [0.15, 0.2) is 5.16 Å². The highest BCUT2D eigenvalue weighted by Gasteiger charge is 2.18. The van der Waals surface area contributed by atoms with Crippen molar-refractivity contribution in [1.82, 2.24) is 0 Å². The van der Waals surface area contributed by atoms with Crippen LogP contribution in [0.1, 0.15) is 39.0 Å². The molecule has 1 saturated carbocycles. The smallest absolute Gasteiger partial charge is 0.139 e. The molecule has 0 aliphatic heterocycles. The average molecular weight is 170 g/mol. The van der Waals surface area contributed by atoms with E-state index >= 15 is 0 Å². The van der Waals surface area contributed by atoms with Gasteiger partial charge in [0.25, 0.3) is 0 Å². The number of amidine groups is 1. The molecule has 0 amide bonds. The van der Waals surface area contributed by atoms with Crippen molar-refractivity contribution >= 4 is 5.84 Å². The van der Waals surface area contributed by atoms with Gasteiger partial charge in [0.05, 0.1) is 0 Å². The molecule has 0 aromatic heterocycles. The highest BCUT2D eigenvalue weighted by molar-refractivity contribution is 5.79. The van der Waals surface area contributed by atoms with E-state index in [2.05, 4.69) is 12.1 Å². The van der Waals surface area contributed by atoms with Gasteiger partial charge in [0.2, 0.25) is 0 Å². The van der Waals surface area contributed by atoms with Gasteiger partial charge in [-0.15, -0.1) is 0 Å². The normalized spacial score (nSPS) is 31.9. The molecule has 0 bridgehead atoms. The molecule has 0 aromatic rings. The Bertz CT molecular complexity index is 160. The maximum Gasteiger partial charge on any atom is 0.139 e. The van der Waals surface area contributed by atoms with Gasteiger partial charge >= 0.3 is 0 Å². The molecule has 0 aromatic carbocycles. The third kappa shape index (κ3) is 2.72.